The second-order valence-electron chi connectivity index (χ2n) is 1.95. The van der Waals surface area contributed by atoms with E-state index in [9.17, 15) is 5.21 Å². The molecule has 0 atom stereocenters. The molecule has 0 aromatic heterocycles. The van der Waals surface area contributed by atoms with E-state index in [0.717, 1.165) is 18.2 Å². The summed E-state index contributed by atoms with van der Waals surface area (Å²) >= 11 is 0. The molecule has 0 spiro atoms. The molecule has 0 aromatic rings. The molecular formula is C4H8NO-. The minimum Gasteiger partial charge on any atom is -0.785 e. The number of nitrogens with zero attached hydrogens (tertiary/aromatic N) is 1. The van der Waals surface area contributed by atoms with Crippen LogP contribution in [0.5, 0.6) is 0 Å². The Morgan fingerprint density at radius 1 is 1.67 bits per heavy atom. The molecule has 36 valence electrons. The third-order valence-electron chi connectivity index (χ3n) is 1.03. The van der Waals surface area contributed by atoms with Gasteiger partial charge in [-0.3, -0.25) is 0 Å². The normalized spacial score (nSPS) is 27.0. The number of hydrogen-bond donors (Lipinski definition) is 0. The zero-order valence-electron chi connectivity index (χ0n) is 3.85. The van der Waals surface area contributed by atoms with E-state index in [4.69, 9.17) is 0 Å². The van der Waals surface area contributed by atoms with Gasteiger partial charge in [0, 0.05) is 0 Å². The molecule has 0 amide bonds. The van der Waals surface area contributed by atoms with E-state index < -0.39 is 0 Å². The van der Waals surface area contributed by atoms with Gasteiger partial charge in [0.05, 0.1) is 0 Å². The molecule has 0 saturated carbocycles. The summed E-state index contributed by atoms with van der Waals surface area (Å²) in [5, 5.41) is 11.1. The Bertz CT molecular complexity index is 43.5. The molecule has 0 unspecified atom stereocenters. The number of hydroxylamine groups is 2. The van der Waals surface area contributed by atoms with Crippen LogP contribution in [0.15, 0.2) is 0 Å². The molecule has 0 radical (unpaired) electrons. The van der Waals surface area contributed by atoms with Gasteiger partial charge in [0.15, 0.2) is 0 Å². The Balaban J connectivity index is 2.11. The van der Waals surface area contributed by atoms with E-state index in [1.165, 1.54) is 0 Å². The third-order valence-corrected chi connectivity index (χ3v) is 1.03. The molecular weight excluding hydrogens is 78.0 g/mol. The Morgan fingerprint density at radius 2 is 2.17 bits per heavy atom. The molecule has 0 bridgehead atoms. The minimum absolute atomic E-state index is 0.655. The summed E-state index contributed by atoms with van der Waals surface area (Å²) in [4.78, 5) is 0. The fraction of sp³-hybridized carbons (Fsp3) is 1.00. The van der Waals surface area contributed by atoms with Crippen molar-refractivity contribution in [3.8, 4) is 0 Å². The predicted molar refractivity (Wildman–Crippen MR) is 24.1 cm³/mol. The van der Waals surface area contributed by atoms with Crippen molar-refractivity contribution in [3.63, 3.8) is 0 Å². The Hall–Kier alpha value is -0.0800. The molecule has 1 rings (SSSR count). The molecule has 2 nitrogen and oxygen atoms in total. The van der Waals surface area contributed by atoms with Crippen molar-refractivity contribution in [1.82, 2.24) is 5.06 Å². The molecule has 1 aliphatic rings. The monoisotopic (exact) mass is 86.1 g/mol. The highest BCUT2D eigenvalue weighted by Gasteiger charge is 2.12. The van der Waals surface area contributed by atoms with E-state index >= 15 is 0 Å². The van der Waals surface area contributed by atoms with Gasteiger partial charge in [0.2, 0.25) is 0 Å². The summed E-state index contributed by atoms with van der Waals surface area (Å²) in [6, 6.07) is 0. The van der Waals surface area contributed by atoms with Gasteiger partial charge >= 0.3 is 0 Å². The average Bonchev–Trinajstić information content (AvgIpc) is 1.33. The van der Waals surface area contributed by atoms with E-state index in [1.807, 2.05) is 0 Å². The maximum atomic E-state index is 10.0. The Morgan fingerprint density at radius 3 is 2.17 bits per heavy atom. The Labute approximate surface area is 37.3 Å². The van der Waals surface area contributed by atoms with Crippen molar-refractivity contribution in [2.75, 3.05) is 13.1 Å². The van der Waals surface area contributed by atoms with Gasteiger partial charge in [-0.05, 0) is 19.0 Å². The first kappa shape index (κ1) is 4.09. The van der Waals surface area contributed by atoms with Gasteiger partial charge in [-0.15, -0.1) is 0 Å². The summed E-state index contributed by atoms with van der Waals surface area (Å²) in [6.07, 6.45) is 0. The van der Waals surface area contributed by atoms with Crippen molar-refractivity contribution in [3.05, 3.63) is 5.21 Å². The van der Waals surface area contributed by atoms with E-state index in [1.54, 1.807) is 0 Å². The molecule has 6 heavy (non-hydrogen) atoms. The van der Waals surface area contributed by atoms with Gasteiger partial charge < -0.3 is 10.3 Å². The first-order valence-corrected chi connectivity index (χ1v) is 2.21. The lowest BCUT2D eigenvalue weighted by atomic mass is 10.1. The molecule has 1 aliphatic heterocycles. The fourth-order valence-corrected chi connectivity index (χ4v) is 0.642. The van der Waals surface area contributed by atoms with Crippen molar-refractivity contribution < 1.29 is 0 Å². The first-order chi connectivity index (χ1) is 2.79. The highest BCUT2D eigenvalue weighted by molar-refractivity contribution is 4.75. The smallest absolute Gasteiger partial charge is 0.0106 e. The second kappa shape index (κ2) is 1.21. The van der Waals surface area contributed by atoms with Crippen molar-refractivity contribution >= 4 is 0 Å². The third kappa shape index (κ3) is 0.533. The maximum Gasteiger partial charge on any atom is -0.0106 e. The fourth-order valence-electron chi connectivity index (χ4n) is 0.642. The van der Waals surface area contributed by atoms with Crippen LogP contribution in [0.25, 0.3) is 0 Å². The van der Waals surface area contributed by atoms with Crippen LogP contribution < -0.4 is 0 Å². The zero-order valence-corrected chi connectivity index (χ0v) is 3.85. The molecule has 0 aromatic carbocycles. The molecule has 2 heteroatoms. The molecule has 0 N–H and O–H groups in total. The van der Waals surface area contributed by atoms with Gasteiger partial charge in [-0.1, -0.05) is 6.92 Å². The van der Waals surface area contributed by atoms with Crippen molar-refractivity contribution in [1.29, 1.82) is 0 Å². The van der Waals surface area contributed by atoms with Crippen LogP contribution in [0.1, 0.15) is 6.92 Å². The summed E-state index contributed by atoms with van der Waals surface area (Å²) in [5.74, 6) is 0.655. The van der Waals surface area contributed by atoms with Gasteiger partial charge in [0.25, 0.3) is 0 Å². The highest BCUT2D eigenvalue weighted by atomic mass is 16.5. The lowest BCUT2D eigenvalue weighted by molar-refractivity contribution is 0.177. The standard InChI is InChI=1S/C4H8NO/c1-4-2-5(6)3-4/h4H,2-3H2,1H3/q-1. The summed E-state index contributed by atoms with van der Waals surface area (Å²) in [6.45, 7) is 3.58. The van der Waals surface area contributed by atoms with Crippen molar-refractivity contribution in [2.24, 2.45) is 5.92 Å². The molecule has 1 fully saturated rings. The predicted octanol–water partition coefficient (Wildman–Crippen LogP) is 0.436. The number of rotatable bonds is 0. The van der Waals surface area contributed by atoms with E-state index in [-0.39, 0.29) is 0 Å². The van der Waals surface area contributed by atoms with Gasteiger partial charge in [0.1, 0.15) is 0 Å². The topological polar surface area (TPSA) is 26.3 Å². The van der Waals surface area contributed by atoms with Crippen LogP contribution in [0.4, 0.5) is 0 Å². The van der Waals surface area contributed by atoms with E-state index in [2.05, 4.69) is 6.92 Å². The highest BCUT2D eigenvalue weighted by Crippen LogP contribution is 2.10. The summed E-state index contributed by atoms with van der Waals surface area (Å²) in [7, 11) is 0. The quantitative estimate of drug-likeness (QED) is 0.427. The molecule has 1 saturated heterocycles. The SMILES string of the molecule is CC1CN([O-])C1. The van der Waals surface area contributed by atoms with Crippen LogP contribution >= 0.6 is 0 Å². The zero-order chi connectivity index (χ0) is 4.57. The summed E-state index contributed by atoms with van der Waals surface area (Å²) < 4.78 is 0. The molecule has 1 heterocycles. The second-order valence-corrected chi connectivity index (χ2v) is 1.95. The van der Waals surface area contributed by atoms with Gasteiger partial charge in [-0.2, -0.15) is 0 Å². The van der Waals surface area contributed by atoms with Crippen LogP contribution in [0, 0.1) is 11.1 Å². The van der Waals surface area contributed by atoms with Crippen LogP contribution in [-0.2, 0) is 0 Å². The van der Waals surface area contributed by atoms with Crippen LogP contribution in [0.3, 0.4) is 0 Å². The van der Waals surface area contributed by atoms with Crippen LogP contribution in [-0.4, -0.2) is 18.2 Å². The lowest BCUT2D eigenvalue weighted by Crippen LogP contribution is -2.40. The summed E-state index contributed by atoms with van der Waals surface area (Å²) in [5.41, 5.74) is 0. The van der Waals surface area contributed by atoms with Crippen molar-refractivity contribution in [2.45, 2.75) is 6.92 Å². The number of hydrogen-bond acceptors (Lipinski definition) is 2. The lowest BCUT2D eigenvalue weighted by Gasteiger charge is -2.42. The maximum absolute atomic E-state index is 10.0. The van der Waals surface area contributed by atoms with Gasteiger partial charge in [-0.25, -0.2) is 0 Å². The van der Waals surface area contributed by atoms with E-state index in [0.29, 0.717) is 5.92 Å². The molecule has 0 aliphatic carbocycles. The largest absolute Gasteiger partial charge is 0.785 e. The Kier molecular flexibility index (Phi) is 0.821. The minimum atomic E-state index is 0.655. The van der Waals surface area contributed by atoms with Crippen LogP contribution in [0.2, 0.25) is 0 Å². The first-order valence-electron chi connectivity index (χ1n) is 2.21. The average molecular weight is 86.1 g/mol.